The maximum Gasteiger partial charge on any atom is 0.416 e. The molecule has 43 heavy (non-hydrogen) atoms. The number of nitrogens with zero attached hydrogens (tertiary/aromatic N) is 1. The summed E-state index contributed by atoms with van der Waals surface area (Å²) in [5.74, 6) is -2.69. The van der Waals surface area contributed by atoms with Crippen LogP contribution >= 0.6 is 0 Å². The predicted octanol–water partition coefficient (Wildman–Crippen LogP) is 7.12. The molecule has 6 nitrogen and oxygen atoms in total. The third-order valence-electron chi connectivity index (χ3n) is 8.10. The first-order valence-electron chi connectivity index (χ1n) is 14.2. The number of ether oxygens (including phenoxy) is 3. The van der Waals surface area contributed by atoms with Gasteiger partial charge in [-0.15, -0.1) is 0 Å². The zero-order valence-corrected chi connectivity index (χ0v) is 24.7. The summed E-state index contributed by atoms with van der Waals surface area (Å²) in [6, 6.07) is 16.4. The van der Waals surface area contributed by atoms with E-state index in [4.69, 9.17) is 14.2 Å². The molecule has 0 spiro atoms. The van der Waals surface area contributed by atoms with Crippen LogP contribution in [-0.2, 0) is 28.8 Å². The molecule has 0 aliphatic heterocycles. The van der Waals surface area contributed by atoms with Crippen molar-refractivity contribution in [1.29, 1.82) is 0 Å². The molecule has 4 atom stereocenters. The van der Waals surface area contributed by atoms with Crippen LogP contribution < -0.4 is 14.4 Å². The molecule has 3 aromatic rings. The van der Waals surface area contributed by atoms with Crippen molar-refractivity contribution in [3.63, 3.8) is 0 Å². The fourth-order valence-electron chi connectivity index (χ4n) is 5.85. The van der Waals surface area contributed by atoms with Crippen molar-refractivity contribution < 1.29 is 41.7 Å². The normalized spacial score (nSPS) is 20.4. The van der Waals surface area contributed by atoms with Gasteiger partial charge >= 0.3 is 12.1 Å². The minimum atomic E-state index is -4.83. The third kappa shape index (κ3) is 7.41. The Morgan fingerprint density at radius 1 is 0.907 bits per heavy atom. The highest BCUT2D eigenvalue weighted by Crippen LogP contribution is 2.48. The van der Waals surface area contributed by atoms with Crippen LogP contribution in [0.5, 0.6) is 11.5 Å². The standard InChI is InChI=1S/C33H37F4NO5/c1-5-43-32(40)26-16-20(2)25(17-29(26)39)30-27(33(35,36)37)14-15-28(31(30)34)38(18-21-6-10-23(41-3)11-7-21)19-22-8-12-24(42-4)13-9-22/h6-15,20,25-26,29,39H,5,16-19H2,1-4H3. The van der Waals surface area contributed by atoms with Crippen LogP contribution in [0.15, 0.2) is 60.7 Å². The number of halogens is 4. The van der Waals surface area contributed by atoms with Gasteiger partial charge in [0, 0.05) is 18.7 Å². The molecule has 3 aromatic carbocycles. The Kier molecular flexibility index (Phi) is 10.2. The Morgan fingerprint density at radius 3 is 1.91 bits per heavy atom. The monoisotopic (exact) mass is 603 g/mol. The first-order valence-corrected chi connectivity index (χ1v) is 14.2. The van der Waals surface area contributed by atoms with Crippen LogP contribution in [0.4, 0.5) is 23.2 Å². The van der Waals surface area contributed by atoms with Crippen molar-refractivity contribution in [3.05, 3.63) is 88.7 Å². The number of carbonyl (C=O) groups excluding carboxylic acids is 1. The van der Waals surface area contributed by atoms with Gasteiger partial charge < -0.3 is 24.2 Å². The molecule has 1 N–H and O–H groups in total. The predicted molar refractivity (Wildman–Crippen MR) is 155 cm³/mol. The lowest BCUT2D eigenvalue weighted by molar-refractivity contribution is -0.155. The highest BCUT2D eigenvalue weighted by Gasteiger charge is 2.45. The van der Waals surface area contributed by atoms with Crippen molar-refractivity contribution in [3.8, 4) is 11.5 Å². The summed E-state index contributed by atoms with van der Waals surface area (Å²) in [4.78, 5) is 14.1. The van der Waals surface area contributed by atoms with Gasteiger partial charge in [-0.3, -0.25) is 4.79 Å². The molecular formula is C33H37F4NO5. The summed E-state index contributed by atoms with van der Waals surface area (Å²) in [5.41, 5.74) is 0.0289. The molecular weight excluding hydrogens is 566 g/mol. The maximum absolute atomic E-state index is 16.7. The van der Waals surface area contributed by atoms with Gasteiger partial charge in [-0.05, 0) is 79.1 Å². The number of methoxy groups -OCH3 is 2. The number of carbonyl (C=O) groups is 1. The lowest BCUT2D eigenvalue weighted by Crippen LogP contribution is -2.39. The number of rotatable bonds is 10. The summed E-state index contributed by atoms with van der Waals surface area (Å²) < 4.78 is 75.2. The van der Waals surface area contributed by atoms with Gasteiger partial charge in [-0.2, -0.15) is 13.2 Å². The van der Waals surface area contributed by atoms with Crippen molar-refractivity contribution in [1.82, 2.24) is 0 Å². The van der Waals surface area contributed by atoms with E-state index in [0.29, 0.717) is 11.5 Å². The molecule has 0 bridgehead atoms. The molecule has 1 saturated carbocycles. The Morgan fingerprint density at radius 2 is 1.44 bits per heavy atom. The Bertz CT molecular complexity index is 1330. The highest BCUT2D eigenvalue weighted by atomic mass is 19.4. The van der Waals surface area contributed by atoms with E-state index in [9.17, 15) is 23.1 Å². The molecule has 232 valence electrons. The summed E-state index contributed by atoms with van der Waals surface area (Å²) >= 11 is 0. The van der Waals surface area contributed by atoms with E-state index in [0.717, 1.165) is 17.2 Å². The van der Waals surface area contributed by atoms with Crippen LogP contribution in [0.1, 0.15) is 54.9 Å². The number of aliphatic hydroxyl groups excluding tert-OH is 1. The summed E-state index contributed by atoms with van der Waals surface area (Å²) in [5, 5.41) is 10.8. The average Bonchev–Trinajstić information content (AvgIpc) is 2.98. The van der Waals surface area contributed by atoms with E-state index in [-0.39, 0.29) is 38.2 Å². The Labute approximate surface area is 249 Å². The number of aliphatic hydroxyl groups is 1. The zero-order chi connectivity index (χ0) is 31.3. The summed E-state index contributed by atoms with van der Waals surface area (Å²) in [6.07, 6.45) is -6.22. The number of esters is 1. The molecule has 0 heterocycles. The lowest BCUT2D eigenvalue weighted by Gasteiger charge is -2.38. The van der Waals surface area contributed by atoms with E-state index in [2.05, 4.69) is 0 Å². The zero-order valence-electron chi connectivity index (χ0n) is 24.7. The molecule has 10 heteroatoms. The molecule has 4 unspecified atom stereocenters. The molecule has 0 amide bonds. The second-order valence-electron chi connectivity index (χ2n) is 10.9. The van der Waals surface area contributed by atoms with Crippen LogP contribution in [0.2, 0.25) is 0 Å². The van der Waals surface area contributed by atoms with Crippen LogP contribution in [-0.4, -0.2) is 38.0 Å². The van der Waals surface area contributed by atoms with Gasteiger partial charge in [0.05, 0.1) is 44.1 Å². The van der Waals surface area contributed by atoms with Gasteiger partial charge in [0.1, 0.15) is 11.5 Å². The number of benzene rings is 3. The van der Waals surface area contributed by atoms with Crippen LogP contribution in [0, 0.1) is 17.7 Å². The highest BCUT2D eigenvalue weighted by molar-refractivity contribution is 5.73. The molecule has 1 aliphatic rings. The van der Waals surface area contributed by atoms with E-state index in [1.165, 1.54) is 6.07 Å². The first-order chi connectivity index (χ1) is 20.5. The number of alkyl halides is 3. The molecule has 1 aliphatic carbocycles. The van der Waals surface area contributed by atoms with Crippen molar-refractivity contribution >= 4 is 11.7 Å². The van der Waals surface area contributed by atoms with E-state index in [1.807, 2.05) is 24.3 Å². The minimum absolute atomic E-state index is 0.00356. The SMILES string of the molecule is CCOC(=O)C1CC(C)C(c2c(C(F)(F)F)ccc(N(Cc3ccc(OC)cc3)Cc3ccc(OC)cc3)c2F)CC1O. The lowest BCUT2D eigenvalue weighted by atomic mass is 9.69. The number of hydrogen-bond donors (Lipinski definition) is 1. The van der Waals surface area contributed by atoms with Gasteiger partial charge in [-0.25, -0.2) is 4.39 Å². The summed E-state index contributed by atoms with van der Waals surface area (Å²) in [6.45, 7) is 3.84. The molecule has 0 radical (unpaired) electrons. The molecule has 0 saturated heterocycles. The topological polar surface area (TPSA) is 68.2 Å². The van der Waals surface area contributed by atoms with Gasteiger partial charge in [0.2, 0.25) is 0 Å². The second-order valence-corrected chi connectivity index (χ2v) is 10.9. The largest absolute Gasteiger partial charge is 0.497 e. The first kappa shape index (κ1) is 32.1. The van der Waals surface area contributed by atoms with Crippen molar-refractivity contribution in [2.75, 3.05) is 25.7 Å². The fraction of sp³-hybridized carbons (Fsp3) is 0.424. The smallest absolute Gasteiger partial charge is 0.416 e. The average molecular weight is 604 g/mol. The van der Waals surface area contributed by atoms with Crippen molar-refractivity contribution in [2.24, 2.45) is 11.8 Å². The maximum atomic E-state index is 16.7. The summed E-state index contributed by atoms with van der Waals surface area (Å²) in [7, 11) is 3.09. The van der Waals surface area contributed by atoms with E-state index in [1.54, 1.807) is 57.2 Å². The third-order valence-corrected chi connectivity index (χ3v) is 8.10. The van der Waals surface area contributed by atoms with Gasteiger partial charge in [0.15, 0.2) is 5.82 Å². The molecule has 4 rings (SSSR count). The van der Waals surface area contributed by atoms with Crippen LogP contribution in [0.25, 0.3) is 0 Å². The molecule has 0 aromatic heterocycles. The van der Waals surface area contributed by atoms with Gasteiger partial charge in [0.25, 0.3) is 0 Å². The van der Waals surface area contributed by atoms with Crippen molar-refractivity contribution in [2.45, 2.75) is 58.0 Å². The van der Waals surface area contributed by atoms with Gasteiger partial charge in [-0.1, -0.05) is 31.2 Å². The molecule has 1 fully saturated rings. The number of hydrogen-bond acceptors (Lipinski definition) is 6. The van der Waals surface area contributed by atoms with E-state index < -0.39 is 52.9 Å². The Balaban J connectivity index is 1.78. The number of anilines is 1. The fourth-order valence-corrected chi connectivity index (χ4v) is 5.85. The van der Waals surface area contributed by atoms with Crippen LogP contribution in [0.3, 0.4) is 0 Å². The Hall–Kier alpha value is -3.79. The second kappa shape index (κ2) is 13.7. The minimum Gasteiger partial charge on any atom is -0.497 e. The van der Waals surface area contributed by atoms with E-state index >= 15 is 4.39 Å². The quantitative estimate of drug-likeness (QED) is 0.197.